The second-order valence-corrected chi connectivity index (χ2v) is 4.82. The van der Waals surface area contributed by atoms with Crippen molar-refractivity contribution in [1.82, 2.24) is 5.32 Å². The van der Waals surface area contributed by atoms with Crippen LogP contribution < -0.4 is 5.32 Å². The van der Waals surface area contributed by atoms with Gasteiger partial charge in [-0.05, 0) is 25.0 Å². The smallest absolute Gasteiger partial charge is 0.338 e. The first kappa shape index (κ1) is 15.9. The number of amides is 1. The summed E-state index contributed by atoms with van der Waals surface area (Å²) in [6, 6.07) is 4.97. The molecule has 0 saturated carbocycles. The second kappa shape index (κ2) is 7.51. The van der Waals surface area contributed by atoms with E-state index in [4.69, 9.17) is 9.47 Å². The zero-order valence-corrected chi connectivity index (χ0v) is 11.8. The highest BCUT2D eigenvalue weighted by Crippen LogP contribution is 2.13. The Morgan fingerprint density at radius 3 is 2.68 bits per heavy atom. The average Bonchev–Trinajstić information content (AvgIpc) is 3.04. The summed E-state index contributed by atoms with van der Waals surface area (Å²) in [6.07, 6.45) is 1.91. The molecule has 22 heavy (non-hydrogen) atoms. The van der Waals surface area contributed by atoms with E-state index in [1.54, 1.807) is 0 Å². The number of carbonyl (C=O) groups excluding carboxylic acids is 2. The summed E-state index contributed by atoms with van der Waals surface area (Å²) in [6.45, 7) is 0.701. The van der Waals surface area contributed by atoms with E-state index in [9.17, 15) is 19.7 Å². The highest BCUT2D eigenvalue weighted by Gasteiger charge is 2.17. The predicted octanol–water partition coefficient (Wildman–Crippen LogP) is 1.05. The molecular formula is C14H16N2O6. The van der Waals surface area contributed by atoms with Crippen molar-refractivity contribution >= 4 is 17.6 Å². The van der Waals surface area contributed by atoms with Crippen molar-refractivity contribution < 1.29 is 24.0 Å². The minimum Gasteiger partial charge on any atom is -0.452 e. The molecule has 0 aliphatic carbocycles. The number of hydrogen-bond donors (Lipinski definition) is 1. The highest BCUT2D eigenvalue weighted by atomic mass is 16.6. The van der Waals surface area contributed by atoms with Gasteiger partial charge in [0.05, 0.1) is 16.6 Å². The summed E-state index contributed by atoms with van der Waals surface area (Å²) in [5.41, 5.74) is 0.0309. The molecule has 1 amide bonds. The third kappa shape index (κ3) is 4.52. The van der Waals surface area contributed by atoms with E-state index in [0.717, 1.165) is 12.8 Å². The van der Waals surface area contributed by atoms with Crippen LogP contribution in [0.4, 0.5) is 5.69 Å². The number of non-ortho nitro benzene ring substituents is 1. The van der Waals surface area contributed by atoms with E-state index >= 15 is 0 Å². The number of nitrogens with zero attached hydrogens (tertiary/aromatic N) is 1. The molecule has 118 valence electrons. The normalized spacial score (nSPS) is 17.0. The number of benzene rings is 1. The molecule has 1 aromatic carbocycles. The Labute approximate surface area is 126 Å². The molecule has 1 aliphatic rings. The molecule has 1 heterocycles. The van der Waals surface area contributed by atoms with Crippen molar-refractivity contribution in [1.29, 1.82) is 0 Å². The van der Waals surface area contributed by atoms with Crippen LogP contribution in [0.25, 0.3) is 0 Å². The third-order valence-corrected chi connectivity index (χ3v) is 3.20. The van der Waals surface area contributed by atoms with Gasteiger partial charge >= 0.3 is 5.97 Å². The van der Waals surface area contributed by atoms with Crippen molar-refractivity contribution in [3.8, 4) is 0 Å². The number of carbonyl (C=O) groups is 2. The molecular weight excluding hydrogens is 292 g/mol. The van der Waals surface area contributed by atoms with E-state index in [-0.39, 0.29) is 17.4 Å². The molecule has 1 saturated heterocycles. The minimum absolute atomic E-state index is 0.0225. The van der Waals surface area contributed by atoms with Gasteiger partial charge in [0.1, 0.15) is 0 Å². The molecule has 1 aromatic rings. The zero-order chi connectivity index (χ0) is 15.9. The maximum absolute atomic E-state index is 11.7. The molecule has 1 fully saturated rings. The number of nitro groups is 1. The molecule has 0 bridgehead atoms. The molecule has 8 nitrogen and oxygen atoms in total. The number of esters is 1. The second-order valence-electron chi connectivity index (χ2n) is 4.82. The standard InChI is InChI=1S/C14H16N2O6/c17-13(15-8-12-2-1-7-21-12)9-22-14(18)10-3-5-11(6-4-10)16(19)20/h3-6,12H,1-2,7-9H2,(H,15,17). The van der Waals surface area contributed by atoms with Gasteiger partial charge in [0, 0.05) is 25.3 Å². The average molecular weight is 308 g/mol. The molecule has 2 rings (SSSR count). The SMILES string of the molecule is O=C(COC(=O)c1ccc([N+](=O)[O-])cc1)NCC1CCCO1. The van der Waals surface area contributed by atoms with Crippen LogP contribution in [0, 0.1) is 10.1 Å². The van der Waals surface area contributed by atoms with Crippen LogP contribution in [0.2, 0.25) is 0 Å². The third-order valence-electron chi connectivity index (χ3n) is 3.20. The fraction of sp³-hybridized carbons (Fsp3) is 0.429. The van der Waals surface area contributed by atoms with Gasteiger partial charge in [-0.2, -0.15) is 0 Å². The quantitative estimate of drug-likeness (QED) is 0.478. The summed E-state index contributed by atoms with van der Waals surface area (Å²) in [4.78, 5) is 33.2. The highest BCUT2D eigenvalue weighted by molar-refractivity contribution is 5.91. The summed E-state index contributed by atoms with van der Waals surface area (Å²) < 4.78 is 10.2. The van der Waals surface area contributed by atoms with Gasteiger partial charge in [-0.1, -0.05) is 0 Å². The van der Waals surface area contributed by atoms with Crippen LogP contribution in [0.5, 0.6) is 0 Å². The largest absolute Gasteiger partial charge is 0.452 e. The fourth-order valence-electron chi connectivity index (χ4n) is 2.02. The maximum Gasteiger partial charge on any atom is 0.338 e. The lowest BCUT2D eigenvalue weighted by atomic mass is 10.2. The lowest BCUT2D eigenvalue weighted by Gasteiger charge is -2.10. The van der Waals surface area contributed by atoms with Gasteiger partial charge in [-0.15, -0.1) is 0 Å². The minimum atomic E-state index is -0.706. The topological polar surface area (TPSA) is 108 Å². The molecule has 0 radical (unpaired) electrons. The first-order chi connectivity index (χ1) is 10.6. The molecule has 0 aromatic heterocycles. The van der Waals surface area contributed by atoms with E-state index in [1.165, 1.54) is 24.3 Å². The monoisotopic (exact) mass is 308 g/mol. The number of nitrogens with one attached hydrogen (secondary N) is 1. The molecule has 1 aliphatic heterocycles. The van der Waals surface area contributed by atoms with Crippen LogP contribution in [-0.4, -0.2) is 42.7 Å². The molecule has 1 N–H and O–H groups in total. The van der Waals surface area contributed by atoms with E-state index < -0.39 is 23.4 Å². The van der Waals surface area contributed by atoms with Crippen molar-refractivity contribution in [3.05, 3.63) is 39.9 Å². The number of nitro benzene ring substituents is 1. The summed E-state index contributed by atoms with van der Waals surface area (Å²) in [5, 5.41) is 13.1. The fourth-order valence-corrected chi connectivity index (χ4v) is 2.02. The van der Waals surface area contributed by atoms with Gasteiger partial charge in [0.25, 0.3) is 11.6 Å². The Kier molecular flexibility index (Phi) is 5.42. The molecule has 1 unspecified atom stereocenters. The van der Waals surface area contributed by atoms with Gasteiger partial charge < -0.3 is 14.8 Å². The lowest BCUT2D eigenvalue weighted by molar-refractivity contribution is -0.384. The number of rotatable bonds is 6. The first-order valence-electron chi connectivity index (χ1n) is 6.86. The number of hydrogen-bond acceptors (Lipinski definition) is 6. The van der Waals surface area contributed by atoms with Crippen LogP contribution >= 0.6 is 0 Å². The number of ether oxygens (including phenoxy) is 2. The van der Waals surface area contributed by atoms with Gasteiger partial charge in [0.15, 0.2) is 6.61 Å². The Morgan fingerprint density at radius 2 is 2.09 bits per heavy atom. The summed E-state index contributed by atoms with van der Waals surface area (Å²) in [7, 11) is 0. The first-order valence-corrected chi connectivity index (χ1v) is 6.86. The van der Waals surface area contributed by atoms with Crippen LogP contribution in [-0.2, 0) is 14.3 Å². The molecule has 8 heteroatoms. The van der Waals surface area contributed by atoms with Gasteiger partial charge in [-0.3, -0.25) is 14.9 Å². The van der Waals surface area contributed by atoms with Crippen LogP contribution in [0.3, 0.4) is 0 Å². The van der Waals surface area contributed by atoms with Crippen molar-refractivity contribution in [2.45, 2.75) is 18.9 Å². The predicted molar refractivity (Wildman–Crippen MR) is 75.4 cm³/mol. The Morgan fingerprint density at radius 1 is 1.36 bits per heavy atom. The lowest BCUT2D eigenvalue weighted by Crippen LogP contribution is -2.34. The Hall–Kier alpha value is -2.48. The summed E-state index contributed by atoms with van der Waals surface area (Å²) >= 11 is 0. The van der Waals surface area contributed by atoms with Gasteiger partial charge in [0.2, 0.25) is 0 Å². The molecule has 1 atom stereocenters. The van der Waals surface area contributed by atoms with E-state index in [1.807, 2.05) is 0 Å². The zero-order valence-electron chi connectivity index (χ0n) is 11.8. The van der Waals surface area contributed by atoms with E-state index in [0.29, 0.717) is 13.2 Å². The van der Waals surface area contributed by atoms with Crippen molar-refractivity contribution in [2.24, 2.45) is 0 Å². The Bertz CT molecular complexity index is 551. The van der Waals surface area contributed by atoms with Crippen LogP contribution in [0.15, 0.2) is 24.3 Å². The van der Waals surface area contributed by atoms with Gasteiger partial charge in [-0.25, -0.2) is 4.79 Å². The summed E-state index contributed by atoms with van der Waals surface area (Å²) in [5.74, 6) is -1.12. The van der Waals surface area contributed by atoms with Crippen molar-refractivity contribution in [2.75, 3.05) is 19.8 Å². The van der Waals surface area contributed by atoms with Crippen molar-refractivity contribution in [3.63, 3.8) is 0 Å². The Balaban J connectivity index is 1.74. The van der Waals surface area contributed by atoms with E-state index in [2.05, 4.69) is 5.32 Å². The molecule has 0 spiro atoms. The maximum atomic E-state index is 11.7. The van der Waals surface area contributed by atoms with Crippen LogP contribution in [0.1, 0.15) is 23.2 Å².